The molecule has 0 aliphatic heterocycles. The number of carbonyl (C=O) groups is 1. The molecule has 0 saturated heterocycles. The van der Waals surface area contributed by atoms with E-state index in [4.69, 9.17) is 10.5 Å². The van der Waals surface area contributed by atoms with Crippen molar-refractivity contribution in [3.8, 4) is 5.75 Å². The van der Waals surface area contributed by atoms with Gasteiger partial charge < -0.3 is 15.0 Å². The third-order valence-corrected chi connectivity index (χ3v) is 3.92. The van der Waals surface area contributed by atoms with Gasteiger partial charge in [0.25, 0.3) is 0 Å². The molecule has 2 N–H and O–H groups in total. The van der Waals surface area contributed by atoms with Crippen LogP contribution in [-0.4, -0.2) is 21.9 Å². The summed E-state index contributed by atoms with van der Waals surface area (Å²) >= 11 is 0. The number of nitrogens with two attached hydrogens (primary N) is 1. The van der Waals surface area contributed by atoms with Crippen LogP contribution in [0.4, 0.5) is 18.9 Å². The molecule has 26 heavy (non-hydrogen) atoms. The van der Waals surface area contributed by atoms with Gasteiger partial charge in [0.05, 0.1) is 29.5 Å². The lowest BCUT2D eigenvalue weighted by Crippen LogP contribution is -2.17. The highest BCUT2D eigenvalue weighted by Gasteiger charge is 2.30. The molecule has 0 saturated carbocycles. The molecule has 3 aromatic rings. The maximum Gasteiger partial charge on any atom is 0.416 e. The van der Waals surface area contributed by atoms with Gasteiger partial charge in [-0.3, -0.25) is 4.79 Å². The molecule has 0 spiro atoms. The van der Waals surface area contributed by atoms with Gasteiger partial charge in [0, 0.05) is 5.69 Å². The fourth-order valence-electron chi connectivity index (χ4n) is 2.51. The van der Waals surface area contributed by atoms with Crippen molar-refractivity contribution >= 4 is 22.5 Å². The average molecular weight is 363 g/mol. The van der Waals surface area contributed by atoms with Gasteiger partial charge in [0.1, 0.15) is 12.4 Å². The van der Waals surface area contributed by atoms with E-state index in [0.29, 0.717) is 11.2 Å². The molecular formula is C18H16F3N3O2. The number of aromatic nitrogens is 2. The lowest BCUT2D eigenvalue weighted by Gasteiger charge is -2.10. The Morgan fingerprint density at radius 1 is 1.27 bits per heavy atom. The lowest BCUT2D eigenvalue weighted by atomic mass is 10.2. The second-order valence-corrected chi connectivity index (χ2v) is 5.92. The van der Waals surface area contributed by atoms with Crippen molar-refractivity contribution in [3.63, 3.8) is 0 Å². The Morgan fingerprint density at radius 2 is 2.04 bits per heavy atom. The summed E-state index contributed by atoms with van der Waals surface area (Å²) in [7, 11) is 0. The summed E-state index contributed by atoms with van der Waals surface area (Å²) in [6.07, 6.45) is -2.94. The van der Waals surface area contributed by atoms with E-state index in [1.165, 1.54) is 18.5 Å². The number of ether oxygens (including phenoxy) is 1. The average Bonchev–Trinajstić information content (AvgIpc) is 2.95. The topological polar surface area (TPSA) is 70.1 Å². The number of alkyl halides is 3. The van der Waals surface area contributed by atoms with E-state index >= 15 is 0 Å². The molecule has 2 aromatic carbocycles. The van der Waals surface area contributed by atoms with Gasteiger partial charge in [-0.25, -0.2) is 4.98 Å². The first-order valence-electron chi connectivity index (χ1n) is 7.77. The van der Waals surface area contributed by atoms with Crippen molar-refractivity contribution in [1.82, 2.24) is 9.55 Å². The zero-order valence-electron chi connectivity index (χ0n) is 13.9. The smallest absolute Gasteiger partial charge is 0.416 e. The quantitative estimate of drug-likeness (QED) is 0.703. The Balaban J connectivity index is 1.68. The third kappa shape index (κ3) is 3.79. The molecular weight excluding hydrogens is 347 g/mol. The van der Waals surface area contributed by atoms with Crippen LogP contribution in [0.2, 0.25) is 0 Å². The molecule has 0 amide bonds. The number of halogens is 3. The van der Waals surface area contributed by atoms with E-state index in [9.17, 15) is 18.0 Å². The summed E-state index contributed by atoms with van der Waals surface area (Å²) in [5.41, 5.74) is 7.91. The molecule has 0 atom stereocenters. The molecule has 0 aliphatic carbocycles. The lowest BCUT2D eigenvalue weighted by molar-refractivity contribution is -0.137. The number of carbonyl (C=O) groups excluding carboxylic acids is 1. The summed E-state index contributed by atoms with van der Waals surface area (Å²) in [5, 5.41) is 0. The number of hydrogen-bond acceptors (Lipinski definition) is 4. The van der Waals surface area contributed by atoms with Gasteiger partial charge in [-0.2, -0.15) is 13.2 Å². The molecule has 0 fully saturated rings. The van der Waals surface area contributed by atoms with Gasteiger partial charge >= 0.3 is 6.18 Å². The molecule has 0 aliphatic rings. The van der Waals surface area contributed by atoms with Gasteiger partial charge in [-0.05, 0) is 42.8 Å². The van der Waals surface area contributed by atoms with Crippen molar-refractivity contribution in [2.45, 2.75) is 19.6 Å². The standard InChI is InChI=1S/C18H16F3N3O2/c1-11-5-17-16(7-15(11)22)23-10-24(17)8-13(25)9-26-14-4-2-3-12(6-14)18(19,20)21/h2-7,10H,8-9,22H2,1H3. The Hall–Kier alpha value is -3.03. The van der Waals surface area contributed by atoms with Crippen LogP contribution in [-0.2, 0) is 17.5 Å². The van der Waals surface area contributed by atoms with Gasteiger partial charge in [0.2, 0.25) is 0 Å². The number of fused-ring (bicyclic) bond motifs is 1. The van der Waals surface area contributed by atoms with E-state index in [0.717, 1.165) is 23.2 Å². The van der Waals surface area contributed by atoms with Crippen molar-refractivity contribution in [2.75, 3.05) is 12.3 Å². The van der Waals surface area contributed by atoms with Crippen LogP contribution < -0.4 is 10.5 Å². The number of hydrogen-bond donors (Lipinski definition) is 1. The molecule has 136 valence electrons. The van der Waals surface area contributed by atoms with Crippen molar-refractivity contribution < 1.29 is 22.7 Å². The predicted octanol–water partition coefficient (Wildman–Crippen LogP) is 3.59. The molecule has 8 heteroatoms. The summed E-state index contributed by atoms with van der Waals surface area (Å²) in [6, 6.07) is 7.98. The predicted molar refractivity (Wildman–Crippen MR) is 90.8 cm³/mol. The van der Waals surface area contributed by atoms with Crippen LogP contribution in [0.25, 0.3) is 11.0 Å². The van der Waals surface area contributed by atoms with Crippen LogP contribution in [0.1, 0.15) is 11.1 Å². The fraction of sp³-hybridized carbons (Fsp3) is 0.222. The molecule has 1 aromatic heterocycles. The minimum Gasteiger partial charge on any atom is -0.486 e. The molecule has 3 rings (SSSR count). The number of benzene rings is 2. The van der Waals surface area contributed by atoms with Crippen molar-refractivity contribution in [1.29, 1.82) is 0 Å². The number of aryl methyl sites for hydroxylation is 1. The number of rotatable bonds is 5. The minimum atomic E-state index is -4.46. The monoisotopic (exact) mass is 363 g/mol. The second-order valence-electron chi connectivity index (χ2n) is 5.92. The Morgan fingerprint density at radius 3 is 2.77 bits per heavy atom. The summed E-state index contributed by atoms with van der Waals surface area (Å²) in [6.45, 7) is 1.51. The molecule has 5 nitrogen and oxygen atoms in total. The maximum atomic E-state index is 12.7. The number of Topliss-reactive ketones (excluding diaryl/α,β-unsaturated/α-hetero) is 1. The van der Waals surface area contributed by atoms with Crippen molar-refractivity contribution in [3.05, 3.63) is 53.9 Å². The van der Waals surface area contributed by atoms with E-state index in [1.807, 2.05) is 13.0 Å². The Bertz CT molecular complexity index is 964. The fourth-order valence-corrected chi connectivity index (χ4v) is 2.51. The first-order valence-corrected chi connectivity index (χ1v) is 7.77. The summed E-state index contributed by atoms with van der Waals surface area (Å²) in [5.74, 6) is -0.302. The highest BCUT2D eigenvalue weighted by Crippen LogP contribution is 2.31. The number of ketones is 1. The normalized spacial score (nSPS) is 11.7. The van der Waals surface area contributed by atoms with Crippen LogP contribution in [0, 0.1) is 6.92 Å². The van der Waals surface area contributed by atoms with Crippen LogP contribution >= 0.6 is 0 Å². The highest BCUT2D eigenvalue weighted by atomic mass is 19.4. The zero-order chi connectivity index (χ0) is 18.9. The molecule has 0 unspecified atom stereocenters. The molecule has 0 radical (unpaired) electrons. The van der Waals surface area contributed by atoms with E-state index in [-0.39, 0.29) is 24.7 Å². The zero-order valence-corrected chi connectivity index (χ0v) is 13.9. The second kappa shape index (κ2) is 6.70. The number of nitrogens with zero attached hydrogens (tertiary/aromatic N) is 2. The van der Waals surface area contributed by atoms with Gasteiger partial charge in [-0.1, -0.05) is 6.07 Å². The maximum absolute atomic E-state index is 12.7. The van der Waals surface area contributed by atoms with E-state index < -0.39 is 11.7 Å². The summed E-state index contributed by atoms with van der Waals surface area (Å²) < 4.78 is 44.9. The number of nitrogen functional groups attached to an aromatic ring is 1. The van der Waals surface area contributed by atoms with Crippen LogP contribution in [0.3, 0.4) is 0 Å². The summed E-state index contributed by atoms with van der Waals surface area (Å²) in [4.78, 5) is 16.3. The first-order chi connectivity index (χ1) is 12.2. The SMILES string of the molecule is Cc1cc2c(cc1N)ncn2CC(=O)COc1cccc(C(F)(F)F)c1. The molecule has 0 bridgehead atoms. The largest absolute Gasteiger partial charge is 0.486 e. The number of imidazole rings is 1. The van der Waals surface area contributed by atoms with Gasteiger partial charge in [0.15, 0.2) is 5.78 Å². The van der Waals surface area contributed by atoms with Crippen molar-refractivity contribution in [2.24, 2.45) is 0 Å². The van der Waals surface area contributed by atoms with Gasteiger partial charge in [-0.15, -0.1) is 0 Å². The Kier molecular flexibility index (Phi) is 4.58. The Labute approximate surface area is 147 Å². The van der Waals surface area contributed by atoms with E-state index in [2.05, 4.69) is 4.98 Å². The van der Waals surface area contributed by atoms with E-state index in [1.54, 1.807) is 10.6 Å². The highest BCUT2D eigenvalue weighted by molar-refractivity contribution is 5.84. The first kappa shape index (κ1) is 17.8. The van der Waals surface area contributed by atoms with Crippen LogP contribution in [0.5, 0.6) is 5.75 Å². The van der Waals surface area contributed by atoms with Crippen LogP contribution in [0.15, 0.2) is 42.7 Å². The minimum absolute atomic E-state index is 0.00117. The molecule has 1 heterocycles. The third-order valence-electron chi connectivity index (χ3n) is 3.92. The number of anilines is 1.